The number of rotatable bonds is 5. The molecular weight excluding hydrogens is 407 g/mol. The van der Waals surface area contributed by atoms with Crippen molar-refractivity contribution in [3.8, 4) is 0 Å². The van der Waals surface area contributed by atoms with Gasteiger partial charge in [-0.25, -0.2) is 9.18 Å². The average Bonchev–Trinajstić information content (AvgIpc) is 3.06. The lowest BCUT2D eigenvalue weighted by molar-refractivity contribution is 0.101. The van der Waals surface area contributed by atoms with Gasteiger partial charge in [-0.05, 0) is 30.3 Å². The van der Waals surface area contributed by atoms with Crippen LogP contribution in [0.1, 0.15) is 22.5 Å². The topological polar surface area (TPSA) is 59.4 Å². The molecule has 30 heavy (non-hydrogen) atoms. The third kappa shape index (κ3) is 4.47. The predicted molar refractivity (Wildman–Crippen MR) is 113 cm³/mol. The maximum absolute atomic E-state index is 13.8. The standard InChI is InChI=1S/C22H22ClFN4O2/c1-27-21-10-11-28(22(29)25-17-8-6-16(23)7-9-17)12-18(21)20(26-27)14-30-13-15-4-2-3-5-19(15)24/h2-9H,10-14H2,1H3,(H,25,29). The van der Waals surface area contributed by atoms with Crippen LogP contribution in [0.25, 0.3) is 0 Å². The van der Waals surface area contributed by atoms with Gasteiger partial charge in [0, 0.05) is 47.5 Å². The van der Waals surface area contributed by atoms with E-state index in [0.717, 1.165) is 17.0 Å². The van der Waals surface area contributed by atoms with Crippen molar-refractivity contribution in [1.29, 1.82) is 0 Å². The molecule has 1 N–H and O–H groups in total. The normalized spacial score (nSPS) is 13.2. The number of amides is 2. The Bertz CT molecular complexity index is 1050. The van der Waals surface area contributed by atoms with Crippen molar-refractivity contribution in [2.45, 2.75) is 26.2 Å². The van der Waals surface area contributed by atoms with Gasteiger partial charge in [0.2, 0.25) is 0 Å². The van der Waals surface area contributed by atoms with Crippen molar-refractivity contribution in [2.75, 3.05) is 11.9 Å². The van der Waals surface area contributed by atoms with Gasteiger partial charge >= 0.3 is 6.03 Å². The van der Waals surface area contributed by atoms with Crippen LogP contribution in [0.2, 0.25) is 5.02 Å². The van der Waals surface area contributed by atoms with E-state index in [1.807, 2.05) is 11.7 Å². The lowest BCUT2D eigenvalue weighted by Gasteiger charge is -2.28. The number of aryl methyl sites for hydroxylation is 1. The van der Waals surface area contributed by atoms with E-state index in [1.54, 1.807) is 47.4 Å². The summed E-state index contributed by atoms with van der Waals surface area (Å²) in [6, 6.07) is 13.4. The van der Waals surface area contributed by atoms with Gasteiger partial charge in [0.25, 0.3) is 0 Å². The number of urea groups is 1. The Balaban J connectivity index is 1.41. The summed E-state index contributed by atoms with van der Waals surface area (Å²) in [5.74, 6) is -0.286. The monoisotopic (exact) mass is 428 g/mol. The number of benzene rings is 2. The van der Waals surface area contributed by atoms with E-state index in [2.05, 4.69) is 10.4 Å². The van der Waals surface area contributed by atoms with Crippen LogP contribution in [0, 0.1) is 5.82 Å². The van der Waals surface area contributed by atoms with Crippen molar-refractivity contribution in [3.05, 3.63) is 81.9 Å². The van der Waals surface area contributed by atoms with Gasteiger partial charge in [-0.3, -0.25) is 4.68 Å². The fourth-order valence-corrected chi connectivity index (χ4v) is 3.69. The molecule has 1 aliphatic heterocycles. The molecule has 0 spiro atoms. The lowest BCUT2D eigenvalue weighted by Crippen LogP contribution is -2.39. The zero-order valence-electron chi connectivity index (χ0n) is 16.6. The molecule has 0 fully saturated rings. The van der Waals surface area contributed by atoms with E-state index in [0.29, 0.717) is 35.8 Å². The summed E-state index contributed by atoms with van der Waals surface area (Å²) < 4.78 is 21.3. The fraction of sp³-hybridized carbons (Fsp3) is 0.273. The van der Waals surface area contributed by atoms with Crippen molar-refractivity contribution in [2.24, 2.45) is 7.05 Å². The highest BCUT2D eigenvalue weighted by Gasteiger charge is 2.26. The lowest BCUT2D eigenvalue weighted by atomic mass is 10.1. The van der Waals surface area contributed by atoms with E-state index in [1.165, 1.54) is 6.07 Å². The Morgan fingerprint density at radius 1 is 1.20 bits per heavy atom. The number of aromatic nitrogens is 2. The highest BCUT2D eigenvalue weighted by atomic mass is 35.5. The highest BCUT2D eigenvalue weighted by Crippen LogP contribution is 2.24. The Morgan fingerprint density at radius 3 is 2.73 bits per heavy atom. The van der Waals surface area contributed by atoms with Crippen LogP contribution in [0.15, 0.2) is 48.5 Å². The van der Waals surface area contributed by atoms with Crippen LogP contribution in [-0.2, 0) is 38.0 Å². The molecule has 0 bridgehead atoms. The Labute approximate surface area is 179 Å². The first-order valence-electron chi connectivity index (χ1n) is 9.67. The summed E-state index contributed by atoms with van der Waals surface area (Å²) in [6.07, 6.45) is 0.709. The van der Waals surface area contributed by atoms with Gasteiger partial charge in [-0.2, -0.15) is 5.10 Å². The molecule has 0 radical (unpaired) electrons. The molecule has 1 aliphatic rings. The quantitative estimate of drug-likeness (QED) is 0.650. The van der Waals surface area contributed by atoms with E-state index < -0.39 is 0 Å². The molecule has 156 valence electrons. The molecule has 2 heterocycles. The van der Waals surface area contributed by atoms with Crippen molar-refractivity contribution in [3.63, 3.8) is 0 Å². The molecule has 8 heteroatoms. The molecule has 0 saturated heterocycles. The van der Waals surface area contributed by atoms with Crippen LogP contribution in [0.4, 0.5) is 14.9 Å². The molecule has 4 rings (SSSR count). The number of nitrogens with one attached hydrogen (secondary N) is 1. The predicted octanol–water partition coefficient (Wildman–Crippen LogP) is 4.52. The van der Waals surface area contributed by atoms with Gasteiger partial charge in [0.05, 0.1) is 25.5 Å². The highest BCUT2D eigenvalue weighted by molar-refractivity contribution is 6.30. The minimum absolute atomic E-state index is 0.165. The molecule has 3 aromatic rings. The molecule has 2 aromatic carbocycles. The van der Waals surface area contributed by atoms with Gasteiger partial charge in [0.1, 0.15) is 5.82 Å². The number of anilines is 1. The maximum atomic E-state index is 13.8. The number of carbonyl (C=O) groups is 1. The summed E-state index contributed by atoms with van der Waals surface area (Å²) in [6.45, 7) is 1.46. The van der Waals surface area contributed by atoms with E-state index in [4.69, 9.17) is 16.3 Å². The van der Waals surface area contributed by atoms with Gasteiger partial charge in [-0.1, -0.05) is 29.8 Å². The summed E-state index contributed by atoms with van der Waals surface area (Å²) in [5.41, 5.74) is 4.05. The molecule has 0 unspecified atom stereocenters. The number of hydrogen-bond acceptors (Lipinski definition) is 3. The average molecular weight is 429 g/mol. The van der Waals surface area contributed by atoms with Gasteiger partial charge in [-0.15, -0.1) is 0 Å². The second-order valence-corrected chi connectivity index (χ2v) is 7.62. The number of hydrogen-bond donors (Lipinski definition) is 1. The Kier molecular flexibility index (Phi) is 6.01. The summed E-state index contributed by atoms with van der Waals surface area (Å²) in [7, 11) is 1.89. The minimum atomic E-state index is -0.286. The van der Waals surface area contributed by atoms with Crippen LogP contribution in [-0.4, -0.2) is 27.3 Å². The smallest absolute Gasteiger partial charge is 0.322 e. The zero-order chi connectivity index (χ0) is 21.1. The summed E-state index contributed by atoms with van der Waals surface area (Å²) >= 11 is 5.90. The Morgan fingerprint density at radius 2 is 1.97 bits per heavy atom. The van der Waals surface area contributed by atoms with Crippen LogP contribution in [0.3, 0.4) is 0 Å². The fourth-order valence-electron chi connectivity index (χ4n) is 3.57. The molecular formula is C22H22ClFN4O2. The van der Waals surface area contributed by atoms with E-state index in [9.17, 15) is 9.18 Å². The van der Waals surface area contributed by atoms with E-state index >= 15 is 0 Å². The summed E-state index contributed by atoms with van der Waals surface area (Å²) in [5, 5.41) is 8.07. The first kappa shape index (κ1) is 20.4. The number of carbonyl (C=O) groups excluding carboxylic acids is 1. The van der Waals surface area contributed by atoms with Crippen molar-refractivity contribution in [1.82, 2.24) is 14.7 Å². The second-order valence-electron chi connectivity index (χ2n) is 7.19. The molecule has 0 aliphatic carbocycles. The summed E-state index contributed by atoms with van der Waals surface area (Å²) in [4.78, 5) is 14.4. The Hall–Kier alpha value is -2.90. The number of ether oxygens (including phenoxy) is 1. The van der Waals surface area contributed by atoms with E-state index in [-0.39, 0.29) is 25.1 Å². The van der Waals surface area contributed by atoms with Crippen molar-refractivity contribution >= 4 is 23.3 Å². The van der Waals surface area contributed by atoms with Crippen LogP contribution < -0.4 is 5.32 Å². The number of fused-ring (bicyclic) bond motifs is 1. The third-order valence-electron chi connectivity index (χ3n) is 5.16. The second kappa shape index (κ2) is 8.85. The SMILES string of the molecule is Cn1nc(COCc2ccccc2F)c2c1CCN(C(=O)Nc1ccc(Cl)cc1)C2. The molecule has 6 nitrogen and oxygen atoms in total. The maximum Gasteiger partial charge on any atom is 0.322 e. The minimum Gasteiger partial charge on any atom is -0.370 e. The molecule has 2 amide bonds. The first-order chi connectivity index (χ1) is 14.5. The van der Waals surface area contributed by atoms with Crippen molar-refractivity contribution < 1.29 is 13.9 Å². The van der Waals surface area contributed by atoms with Crippen LogP contribution in [0.5, 0.6) is 0 Å². The molecule has 0 atom stereocenters. The zero-order valence-corrected chi connectivity index (χ0v) is 17.3. The number of halogens is 2. The third-order valence-corrected chi connectivity index (χ3v) is 5.41. The van der Waals surface area contributed by atoms with Gasteiger partial charge < -0.3 is 15.0 Å². The number of nitrogens with zero attached hydrogens (tertiary/aromatic N) is 3. The van der Waals surface area contributed by atoms with Gasteiger partial charge in [0.15, 0.2) is 0 Å². The largest absolute Gasteiger partial charge is 0.370 e. The molecule has 1 aromatic heterocycles. The van der Waals surface area contributed by atoms with Crippen LogP contribution >= 0.6 is 11.6 Å². The molecule has 0 saturated carbocycles. The first-order valence-corrected chi connectivity index (χ1v) is 10.1.